The molecule has 2 heterocycles. The van der Waals surface area contributed by atoms with Crippen molar-refractivity contribution in [3.63, 3.8) is 0 Å². The molecular weight excluding hydrogens is 592 g/mol. The molecule has 0 aliphatic carbocycles. The number of rotatable bonds is 13. The van der Waals surface area contributed by atoms with E-state index in [0.29, 0.717) is 30.2 Å². The van der Waals surface area contributed by atoms with E-state index in [1.54, 1.807) is 12.1 Å². The van der Waals surface area contributed by atoms with E-state index < -0.39 is 12.3 Å². The van der Waals surface area contributed by atoms with E-state index in [1.807, 2.05) is 78.9 Å². The van der Waals surface area contributed by atoms with Gasteiger partial charge in [-0.2, -0.15) is 4.73 Å². The molecule has 3 N–H and O–H groups in total. The first-order chi connectivity index (χ1) is 21.9. The lowest BCUT2D eigenvalue weighted by atomic mass is 9.99. The lowest BCUT2D eigenvalue weighted by Crippen LogP contribution is -2.32. The first-order valence-corrected chi connectivity index (χ1v) is 15.9. The Kier molecular flexibility index (Phi) is 11.2. The minimum absolute atomic E-state index is 0.0248. The number of amides is 1. The van der Waals surface area contributed by atoms with Gasteiger partial charge >= 0.3 is 5.97 Å². The molecule has 9 nitrogen and oxygen atoms in total. The third-order valence-electron chi connectivity index (χ3n) is 7.55. The Balaban J connectivity index is 1.27. The van der Waals surface area contributed by atoms with Gasteiger partial charge in [-0.1, -0.05) is 78.5 Å². The highest BCUT2D eigenvalue weighted by atomic mass is 32.2. The van der Waals surface area contributed by atoms with Crippen LogP contribution in [-0.2, 0) is 32.2 Å². The molecule has 0 spiro atoms. The second-order valence-corrected chi connectivity index (χ2v) is 11.9. The lowest BCUT2D eigenvalue weighted by molar-refractivity contribution is -0.645. The second-order valence-electron chi connectivity index (χ2n) is 10.9. The monoisotopic (exact) mass is 628 g/mol. The van der Waals surface area contributed by atoms with Crippen LogP contribution >= 0.6 is 11.8 Å². The average molecular weight is 629 g/mol. The summed E-state index contributed by atoms with van der Waals surface area (Å²) >= 11 is 1.45. The zero-order valence-corrected chi connectivity index (χ0v) is 25.5. The van der Waals surface area contributed by atoms with E-state index in [0.717, 1.165) is 38.1 Å². The Morgan fingerprint density at radius 1 is 0.889 bits per heavy atom. The maximum Gasteiger partial charge on any atom is 0.303 e. The number of carboxylic acids is 1. The quantitative estimate of drug-likeness (QED) is 0.0978. The summed E-state index contributed by atoms with van der Waals surface area (Å²) in [5.41, 5.74) is 5.63. The summed E-state index contributed by atoms with van der Waals surface area (Å²) in [5.74, 6) is -0.497. The van der Waals surface area contributed by atoms with Gasteiger partial charge in [-0.05, 0) is 46.4 Å². The number of carbonyl (C=O) groups excluding carboxylic acids is 1. The lowest BCUT2D eigenvalue weighted by Gasteiger charge is -2.36. The van der Waals surface area contributed by atoms with Crippen LogP contribution in [0.15, 0.2) is 102 Å². The van der Waals surface area contributed by atoms with Crippen LogP contribution in [0.3, 0.4) is 0 Å². The summed E-state index contributed by atoms with van der Waals surface area (Å²) in [5, 5.41) is 33.9. The number of hydrogen-bond acceptors (Lipinski definition) is 7. The van der Waals surface area contributed by atoms with Gasteiger partial charge in [0.25, 0.3) is 5.03 Å². The number of benzene rings is 3. The molecule has 3 atom stereocenters. The molecule has 5 rings (SSSR count). The van der Waals surface area contributed by atoms with Crippen molar-refractivity contribution < 1.29 is 34.0 Å². The molecule has 4 aromatic rings. The van der Waals surface area contributed by atoms with E-state index in [9.17, 15) is 19.9 Å². The fourth-order valence-electron chi connectivity index (χ4n) is 5.11. The standard InChI is InChI=1S/C35H36N2O7S/c38-22-24-10-12-27(13-11-24)31-20-30(23-45-33-8-1-2-18-37(33)42)43-35(44-31)28-16-14-26(15-17-28)29-6-3-5-25(19-29)21-36-32(39)7-4-9-34(40)41/h1-3,5-6,8,10-19,30-31,35,38H,4,7,9,20-23H2,(H,36,39)(H,40,41)/t30-,31+,35+/m0/s1. The number of aromatic nitrogens is 1. The van der Waals surface area contributed by atoms with Gasteiger partial charge in [-0.3, -0.25) is 9.59 Å². The van der Waals surface area contributed by atoms with Gasteiger partial charge in [0.1, 0.15) is 0 Å². The van der Waals surface area contributed by atoms with Gasteiger partial charge in [0.15, 0.2) is 12.5 Å². The number of aliphatic hydroxyl groups is 1. The summed E-state index contributed by atoms with van der Waals surface area (Å²) < 4.78 is 13.7. The molecule has 1 aromatic heterocycles. The van der Waals surface area contributed by atoms with Crippen molar-refractivity contribution >= 4 is 23.6 Å². The van der Waals surface area contributed by atoms with Crippen LogP contribution in [0.4, 0.5) is 0 Å². The van der Waals surface area contributed by atoms with Gasteiger partial charge in [0.05, 0.1) is 18.8 Å². The fraction of sp³-hybridized carbons (Fsp3) is 0.286. The number of aliphatic carboxylic acids is 1. The summed E-state index contributed by atoms with van der Waals surface area (Å²) in [6, 6.07) is 29.0. The van der Waals surface area contributed by atoms with Crippen molar-refractivity contribution in [3.8, 4) is 11.1 Å². The molecule has 10 heteroatoms. The highest BCUT2D eigenvalue weighted by molar-refractivity contribution is 7.99. The van der Waals surface area contributed by atoms with E-state index in [1.165, 1.54) is 18.0 Å². The fourth-order valence-corrected chi connectivity index (χ4v) is 6.04. The number of aliphatic hydroxyl groups excluding tert-OH is 1. The second kappa shape index (κ2) is 15.7. The Bertz CT molecular complexity index is 1580. The van der Waals surface area contributed by atoms with Gasteiger partial charge < -0.3 is 30.2 Å². The zero-order valence-electron chi connectivity index (χ0n) is 24.7. The number of ether oxygens (including phenoxy) is 2. The molecule has 1 aliphatic heterocycles. The molecular formula is C35H36N2O7S. The number of hydrogen-bond donors (Lipinski definition) is 3. The summed E-state index contributed by atoms with van der Waals surface area (Å²) in [6.45, 7) is 0.332. The van der Waals surface area contributed by atoms with E-state index in [4.69, 9.17) is 14.6 Å². The maximum atomic E-state index is 12.2. The Morgan fingerprint density at radius 3 is 2.40 bits per heavy atom. The number of nitrogens with zero attached hydrogens (tertiary/aromatic N) is 1. The predicted octanol–water partition coefficient (Wildman–Crippen LogP) is 5.69. The molecule has 45 heavy (non-hydrogen) atoms. The number of nitrogens with one attached hydrogen (secondary N) is 1. The van der Waals surface area contributed by atoms with Crippen molar-refractivity contribution in [1.82, 2.24) is 5.32 Å². The molecule has 1 saturated heterocycles. The van der Waals surface area contributed by atoms with E-state index in [2.05, 4.69) is 5.32 Å². The van der Waals surface area contributed by atoms with Crippen LogP contribution in [0.2, 0.25) is 0 Å². The minimum Gasteiger partial charge on any atom is -0.618 e. The van der Waals surface area contributed by atoms with Crippen molar-refractivity contribution in [1.29, 1.82) is 0 Å². The SMILES string of the molecule is O=C(O)CCCC(=O)NCc1cccc(-c2ccc([C@@H]3O[C@H](CSc4cccc[n+]4[O-])C[C@H](c4ccc(CO)cc4)O3)cc2)c1. The maximum absolute atomic E-state index is 12.2. The third kappa shape index (κ3) is 9.15. The molecule has 1 aliphatic rings. The third-order valence-corrected chi connectivity index (χ3v) is 8.70. The first kappa shape index (κ1) is 32.2. The van der Waals surface area contributed by atoms with E-state index in [-0.39, 0.29) is 37.6 Å². The first-order valence-electron chi connectivity index (χ1n) is 14.9. The minimum atomic E-state index is -0.906. The predicted molar refractivity (Wildman–Crippen MR) is 170 cm³/mol. The Labute approximate surface area is 266 Å². The Hall–Kier alpha value is -4.22. The molecule has 0 unspecified atom stereocenters. The van der Waals surface area contributed by atoms with Crippen LogP contribution < -0.4 is 10.0 Å². The zero-order chi connectivity index (χ0) is 31.6. The van der Waals surface area contributed by atoms with Gasteiger partial charge in [0.2, 0.25) is 5.91 Å². The van der Waals surface area contributed by atoms with Crippen LogP contribution in [0, 0.1) is 5.21 Å². The van der Waals surface area contributed by atoms with Gasteiger partial charge in [-0.25, -0.2) is 0 Å². The largest absolute Gasteiger partial charge is 0.618 e. The smallest absolute Gasteiger partial charge is 0.303 e. The Morgan fingerprint density at radius 2 is 1.67 bits per heavy atom. The normalized spacial score (nSPS) is 17.9. The summed E-state index contributed by atoms with van der Waals surface area (Å²) in [6.07, 6.45) is 1.56. The molecule has 0 radical (unpaired) electrons. The number of carbonyl (C=O) groups is 2. The number of carboxylic acid groups (broad SMARTS) is 1. The van der Waals surface area contributed by atoms with Crippen molar-refractivity contribution in [3.05, 3.63) is 125 Å². The van der Waals surface area contributed by atoms with Crippen molar-refractivity contribution in [2.24, 2.45) is 0 Å². The van der Waals surface area contributed by atoms with Crippen LogP contribution in [0.5, 0.6) is 0 Å². The van der Waals surface area contributed by atoms with Gasteiger partial charge in [-0.15, -0.1) is 0 Å². The van der Waals surface area contributed by atoms with Crippen LogP contribution in [0.25, 0.3) is 11.1 Å². The molecule has 234 valence electrons. The molecule has 0 bridgehead atoms. The van der Waals surface area contributed by atoms with Crippen molar-refractivity contribution in [2.75, 3.05) is 5.75 Å². The topological polar surface area (TPSA) is 132 Å². The summed E-state index contributed by atoms with van der Waals surface area (Å²) in [7, 11) is 0. The highest BCUT2D eigenvalue weighted by Gasteiger charge is 2.32. The number of thioether (sulfide) groups is 1. The molecule has 0 saturated carbocycles. The molecule has 3 aromatic carbocycles. The average Bonchev–Trinajstić information content (AvgIpc) is 3.07. The highest BCUT2D eigenvalue weighted by Crippen LogP contribution is 2.39. The van der Waals surface area contributed by atoms with E-state index >= 15 is 0 Å². The number of pyridine rings is 1. The summed E-state index contributed by atoms with van der Waals surface area (Å²) in [4.78, 5) is 22.8. The molecule has 1 amide bonds. The van der Waals surface area contributed by atoms with Crippen LogP contribution in [0.1, 0.15) is 60.3 Å². The van der Waals surface area contributed by atoms with Gasteiger partial charge in [0, 0.05) is 49.3 Å². The van der Waals surface area contributed by atoms with Crippen LogP contribution in [-0.4, -0.2) is 33.9 Å². The molecule has 1 fully saturated rings. The van der Waals surface area contributed by atoms with Crippen molar-refractivity contribution in [2.45, 2.75) is 62.4 Å².